The minimum absolute atomic E-state index is 0.333. The van der Waals surface area contributed by atoms with Crippen LogP contribution in [0, 0.1) is 5.92 Å². The van der Waals surface area contributed by atoms with Crippen LogP contribution in [0.3, 0.4) is 0 Å². The van der Waals surface area contributed by atoms with E-state index in [-0.39, 0.29) is 0 Å². The fourth-order valence-electron chi connectivity index (χ4n) is 2.61. The Hall–Kier alpha value is -0.810. The topological polar surface area (TPSA) is 54.9 Å². The Balaban J connectivity index is 1.49. The molecule has 1 atom stereocenters. The molecule has 2 aliphatic rings. The normalized spacial score (nSPS) is 23.1. The van der Waals surface area contributed by atoms with Gasteiger partial charge >= 0.3 is 0 Å². The predicted molar refractivity (Wildman–Crippen MR) is 85.7 cm³/mol. The number of hydrogen-bond acceptors (Lipinski definition) is 3. The first-order chi connectivity index (χ1) is 10.4. The summed E-state index contributed by atoms with van der Waals surface area (Å²) in [5.74, 6) is 1.76. The number of rotatable bonds is 9. The van der Waals surface area contributed by atoms with Gasteiger partial charge in [-0.25, -0.2) is 0 Å². The van der Waals surface area contributed by atoms with Gasteiger partial charge in [-0.3, -0.25) is 4.99 Å². The fraction of sp³-hybridized carbons (Fsp3) is 0.938. The molecular formula is C16H31N3O2. The zero-order valence-corrected chi connectivity index (χ0v) is 13.4. The first-order valence-corrected chi connectivity index (χ1v) is 8.60. The highest BCUT2D eigenvalue weighted by Gasteiger charge is 2.17. The molecule has 2 N–H and O–H groups in total. The maximum Gasteiger partial charge on any atom is 0.191 e. The number of hydrogen-bond donors (Lipinski definition) is 2. The molecule has 0 aromatic rings. The molecule has 1 saturated heterocycles. The average Bonchev–Trinajstić information content (AvgIpc) is 2.94. The van der Waals surface area contributed by atoms with E-state index in [1.54, 1.807) is 0 Å². The summed E-state index contributed by atoms with van der Waals surface area (Å²) >= 11 is 0. The van der Waals surface area contributed by atoms with E-state index >= 15 is 0 Å². The number of nitrogens with one attached hydrogen (secondary N) is 2. The van der Waals surface area contributed by atoms with Crippen LogP contribution in [0.2, 0.25) is 0 Å². The molecule has 2 fully saturated rings. The van der Waals surface area contributed by atoms with Gasteiger partial charge < -0.3 is 20.1 Å². The van der Waals surface area contributed by atoms with Crippen LogP contribution >= 0.6 is 0 Å². The Morgan fingerprint density at radius 3 is 2.81 bits per heavy atom. The lowest BCUT2D eigenvalue weighted by atomic mass is 9.86. The number of ether oxygens (including phenoxy) is 2. The second-order valence-corrected chi connectivity index (χ2v) is 6.01. The zero-order valence-electron chi connectivity index (χ0n) is 13.4. The molecule has 1 saturated carbocycles. The van der Waals surface area contributed by atoms with E-state index in [1.807, 2.05) is 0 Å². The van der Waals surface area contributed by atoms with Gasteiger partial charge in [0.15, 0.2) is 5.96 Å². The van der Waals surface area contributed by atoms with Gasteiger partial charge in [-0.15, -0.1) is 0 Å². The molecule has 2 rings (SSSR count). The average molecular weight is 297 g/mol. The second kappa shape index (κ2) is 10.0. The lowest BCUT2D eigenvalue weighted by Gasteiger charge is -2.23. The smallest absolute Gasteiger partial charge is 0.191 e. The SMILES string of the molecule is CCNC(=NCC1CCC1)NCCCOC[C@H]1CCCO1. The van der Waals surface area contributed by atoms with Crippen molar-refractivity contribution in [2.75, 3.05) is 39.5 Å². The van der Waals surface area contributed by atoms with E-state index < -0.39 is 0 Å². The summed E-state index contributed by atoms with van der Waals surface area (Å²) in [4.78, 5) is 4.65. The molecule has 0 aromatic carbocycles. The summed E-state index contributed by atoms with van der Waals surface area (Å²) in [7, 11) is 0. The van der Waals surface area contributed by atoms with Crippen LogP contribution in [0.15, 0.2) is 4.99 Å². The maximum absolute atomic E-state index is 5.66. The minimum atomic E-state index is 0.333. The van der Waals surface area contributed by atoms with E-state index in [0.29, 0.717) is 6.10 Å². The van der Waals surface area contributed by atoms with Crippen LogP contribution in [-0.4, -0.2) is 51.5 Å². The summed E-state index contributed by atoms with van der Waals surface area (Å²) in [5, 5.41) is 6.68. The van der Waals surface area contributed by atoms with Crippen molar-refractivity contribution >= 4 is 5.96 Å². The standard InChI is InChI=1S/C16H31N3O2/c1-2-17-16(19-12-14-6-3-7-14)18-9-5-10-20-13-15-8-4-11-21-15/h14-15H,2-13H2,1H3,(H2,17,18,19)/t15-/m1/s1. The third kappa shape index (κ3) is 6.66. The molecule has 0 amide bonds. The molecule has 0 unspecified atom stereocenters. The van der Waals surface area contributed by atoms with Crippen LogP contribution in [0.5, 0.6) is 0 Å². The van der Waals surface area contributed by atoms with E-state index in [0.717, 1.165) is 64.2 Å². The first-order valence-electron chi connectivity index (χ1n) is 8.60. The van der Waals surface area contributed by atoms with Crippen LogP contribution in [0.25, 0.3) is 0 Å². The number of guanidine groups is 1. The highest BCUT2D eigenvalue weighted by atomic mass is 16.5. The molecular weight excluding hydrogens is 266 g/mol. The quantitative estimate of drug-likeness (QED) is 0.388. The third-order valence-electron chi connectivity index (χ3n) is 4.16. The summed E-state index contributed by atoms with van der Waals surface area (Å²) in [5.41, 5.74) is 0. The Kier molecular flexibility index (Phi) is 7.89. The maximum atomic E-state index is 5.66. The monoisotopic (exact) mass is 297 g/mol. The summed E-state index contributed by atoms with van der Waals surface area (Å²) in [6.45, 7) is 7.31. The van der Waals surface area contributed by atoms with Gasteiger partial charge in [0.05, 0.1) is 12.7 Å². The van der Waals surface area contributed by atoms with Gasteiger partial charge in [-0.2, -0.15) is 0 Å². The highest BCUT2D eigenvalue weighted by molar-refractivity contribution is 5.79. The summed E-state index contributed by atoms with van der Waals surface area (Å²) < 4.78 is 11.2. The van der Waals surface area contributed by atoms with Gasteiger partial charge in [0.25, 0.3) is 0 Å². The Labute approximate surface area is 128 Å². The van der Waals surface area contributed by atoms with Crippen molar-refractivity contribution in [1.29, 1.82) is 0 Å². The van der Waals surface area contributed by atoms with Gasteiger partial charge in [0, 0.05) is 32.8 Å². The number of aliphatic imine (C=N–C) groups is 1. The Bertz CT molecular complexity index is 300. The van der Waals surface area contributed by atoms with Crippen molar-refractivity contribution < 1.29 is 9.47 Å². The van der Waals surface area contributed by atoms with E-state index in [4.69, 9.17) is 9.47 Å². The molecule has 0 bridgehead atoms. The fourth-order valence-corrected chi connectivity index (χ4v) is 2.61. The van der Waals surface area contributed by atoms with Crippen molar-refractivity contribution in [2.24, 2.45) is 10.9 Å². The molecule has 1 aliphatic heterocycles. The van der Waals surface area contributed by atoms with Crippen molar-refractivity contribution in [3.8, 4) is 0 Å². The van der Waals surface area contributed by atoms with Gasteiger partial charge in [0.2, 0.25) is 0 Å². The van der Waals surface area contributed by atoms with Crippen LogP contribution in [-0.2, 0) is 9.47 Å². The van der Waals surface area contributed by atoms with E-state index in [9.17, 15) is 0 Å². The Morgan fingerprint density at radius 2 is 2.14 bits per heavy atom. The molecule has 0 radical (unpaired) electrons. The van der Waals surface area contributed by atoms with Gasteiger partial charge in [0.1, 0.15) is 0 Å². The van der Waals surface area contributed by atoms with Crippen molar-refractivity contribution in [2.45, 2.75) is 51.6 Å². The molecule has 21 heavy (non-hydrogen) atoms. The van der Waals surface area contributed by atoms with Crippen LogP contribution < -0.4 is 10.6 Å². The zero-order chi connectivity index (χ0) is 14.8. The molecule has 122 valence electrons. The van der Waals surface area contributed by atoms with Gasteiger partial charge in [-0.05, 0) is 44.9 Å². The third-order valence-corrected chi connectivity index (χ3v) is 4.16. The molecule has 1 aliphatic carbocycles. The predicted octanol–water partition coefficient (Wildman–Crippen LogP) is 1.93. The summed E-state index contributed by atoms with van der Waals surface area (Å²) in [6.07, 6.45) is 7.74. The molecule has 1 heterocycles. The largest absolute Gasteiger partial charge is 0.379 e. The van der Waals surface area contributed by atoms with Crippen molar-refractivity contribution in [3.05, 3.63) is 0 Å². The highest BCUT2D eigenvalue weighted by Crippen LogP contribution is 2.26. The molecule has 5 nitrogen and oxygen atoms in total. The Morgan fingerprint density at radius 1 is 1.24 bits per heavy atom. The lowest BCUT2D eigenvalue weighted by molar-refractivity contribution is 0.0168. The number of nitrogens with zero attached hydrogens (tertiary/aromatic N) is 1. The first kappa shape index (κ1) is 16.6. The summed E-state index contributed by atoms with van der Waals surface area (Å²) in [6, 6.07) is 0. The van der Waals surface area contributed by atoms with E-state index in [2.05, 4.69) is 22.5 Å². The van der Waals surface area contributed by atoms with Crippen LogP contribution in [0.4, 0.5) is 0 Å². The second-order valence-electron chi connectivity index (χ2n) is 6.01. The van der Waals surface area contributed by atoms with Crippen molar-refractivity contribution in [3.63, 3.8) is 0 Å². The molecule has 0 spiro atoms. The molecule has 5 heteroatoms. The van der Waals surface area contributed by atoms with E-state index in [1.165, 1.54) is 25.7 Å². The lowest BCUT2D eigenvalue weighted by Crippen LogP contribution is -2.38. The molecule has 0 aromatic heterocycles. The van der Waals surface area contributed by atoms with Gasteiger partial charge in [-0.1, -0.05) is 6.42 Å². The van der Waals surface area contributed by atoms with Crippen molar-refractivity contribution in [1.82, 2.24) is 10.6 Å². The van der Waals surface area contributed by atoms with Crippen LogP contribution in [0.1, 0.15) is 45.4 Å². The minimum Gasteiger partial charge on any atom is -0.379 e.